The molecule has 1 rings (SSSR count). The fraction of sp³-hybridized carbons (Fsp3) is 0.923. The summed E-state index contributed by atoms with van der Waals surface area (Å²) in [5, 5.41) is -0.595. The van der Waals surface area contributed by atoms with Crippen LogP contribution in [0.15, 0.2) is 0 Å². The molecule has 0 aromatic carbocycles. The Morgan fingerprint density at radius 1 is 1.37 bits per heavy atom. The summed E-state index contributed by atoms with van der Waals surface area (Å²) in [5.41, 5.74) is -1.20. The number of methoxy groups -OCH3 is 1. The Hall–Kier alpha value is -0.620. The van der Waals surface area contributed by atoms with Crippen LogP contribution in [0.2, 0.25) is 0 Å². The lowest BCUT2D eigenvalue weighted by atomic mass is 10.0. The van der Waals surface area contributed by atoms with E-state index in [2.05, 4.69) is 4.74 Å². The van der Waals surface area contributed by atoms with Gasteiger partial charge in [0.15, 0.2) is 9.84 Å². The predicted molar refractivity (Wildman–Crippen MR) is 72.6 cm³/mol. The van der Waals surface area contributed by atoms with Crippen molar-refractivity contribution in [3.63, 3.8) is 0 Å². The monoisotopic (exact) mass is 292 g/mol. The van der Waals surface area contributed by atoms with Gasteiger partial charge in [-0.15, -0.1) is 0 Å². The van der Waals surface area contributed by atoms with Crippen LogP contribution in [0.5, 0.6) is 0 Å². The van der Waals surface area contributed by atoms with E-state index in [9.17, 15) is 13.2 Å². The van der Waals surface area contributed by atoms with E-state index in [-0.39, 0.29) is 5.75 Å². The summed E-state index contributed by atoms with van der Waals surface area (Å²) in [5.74, 6) is -1.36. The highest BCUT2D eigenvalue weighted by molar-refractivity contribution is 7.92. The number of carbonyl (C=O) groups excluding carboxylic acids is 1. The van der Waals surface area contributed by atoms with Crippen molar-refractivity contribution in [3.05, 3.63) is 0 Å². The van der Waals surface area contributed by atoms with E-state index in [1.807, 2.05) is 13.8 Å². The zero-order chi connectivity index (χ0) is 15.1. The van der Waals surface area contributed by atoms with Gasteiger partial charge in [0.25, 0.3) is 0 Å². The van der Waals surface area contributed by atoms with Crippen molar-refractivity contribution in [2.75, 3.05) is 12.9 Å². The van der Waals surface area contributed by atoms with Gasteiger partial charge in [-0.05, 0) is 34.1 Å². The second kappa shape index (κ2) is 5.05. The first-order valence-electron chi connectivity index (χ1n) is 6.41. The van der Waals surface area contributed by atoms with Crippen LogP contribution in [0.1, 0.15) is 41.0 Å². The van der Waals surface area contributed by atoms with E-state index in [1.54, 1.807) is 20.8 Å². The molecule has 2 atom stereocenters. The van der Waals surface area contributed by atoms with Crippen LogP contribution < -0.4 is 0 Å². The van der Waals surface area contributed by atoms with Crippen molar-refractivity contribution < 1.29 is 22.7 Å². The van der Waals surface area contributed by atoms with E-state index in [0.717, 1.165) is 0 Å². The van der Waals surface area contributed by atoms with Gasteiger partial charge in [0.1, 0.15) is 0 Å². The smallest absolute Gasteiger partial charge is 0.309 e. The second-order valence-electron chi connectivity index (χ2n) is 6.41. The van der Waals surface area contributed by atoms with E-state index in [0.29, 0.717) is 6.42 Å². The number of ether oxygens (including phenoxy) is 2. The summed E-state index contributed by atoms with van der Waals surface area (Å²) >= 11 is 0. The average molecular weight is 292 g/mol. The van der Waals surface area contributed by atoms with Crippen LogP contribution in [0.4, 0.5) is 0 Å². The molecular formula is C13H24O5S. The van der Waals surface area contributed by atoms with Crippen molar-refractivity contribution in [3.8, 4) is 0 Å². The Balaban J connectivity index is 2.92. The van der Waals surface area contributed by atoms with Crippen molar-refractivity contribution in [2.45, 2.75) is 57.5 Å². The van der Waals surface area contributed by atoms with Crippen LogP contribution in [-0.2, 0) is 24.1 Å². The fourth-order valence-corrected chi connectivity index (χ4v) is 5.44. The number of hydrogen-bond donors (Lipinski definition) is 0. The molecule has 6 heteroatoms. The van der Waals surface area contributed by atoms with Gasteiger partial charge in [0.05, 0.1) is 35.2 Å². The molecule has 0 aromatic rings. The van der Waals surface area contributed by atoms with Crippen LogP contribution in [-0.4, -0.2) is 43.7 Å². The van der Waals surface area contributed by atoms with Gasteiger partial charge in [0, 0.05) is 0 Å². The van der Waals surface area contributed by atoms with Crippen LogP contribution in [0.3, 0.4) is 0 Å². The summed E-state index contributed by atoms with van der Waals surface area (Å²) in [6.45, 7) is 8.90. The maximum absolute atomic E-state index is 12.5. The molecule has 2 unspecified atom stereocenters. The quantitative estimate of drug-likeness (QED) is 0.735. The minimum absolute atomic E-state index is 0.201. The first kappa shape index (κ1) is 16.4. The summed E-state index contributed by atoms with van der Waals surface area (Å²) in [7, 11) is -2.16. The topological polar surface area (TPSA) is 69.7 Å². The molecule has 0 N–H and O–H groups in total. The maximum atomic E-state index is 12.5. The minimum atomic E-state index is -3.42. The molecule has 1 fully saturated rings. The van der Waals surface area contributed by atoms with Gasteiger partial charge in [-0.1, -0.05) is 6.92 Å². The molecule has 0 radical (unpaired) electrons. The second-order valence-corrected chi connectivity index (χ2v) is 8.64. The Morgan fingerprint density at radius 2 is 1.89 bits per heavy atom. The molecule has 0 bridgehead atoms. The predicted octanol–water partition coefficient (Wildman–Crippen LogP) is 1.56. The van der Waals surface area contributed by atoms with Crippen LogP contribution in [0.25, 0.3) is 0 Å². The minimum Gasteiger partial charge on any atom is -0.469 e. The van der Waals surface area contributed by atoms with Crippen molar-refractivity contribution in [1.82, 2.24) is 0 Å². The largest absolute Gasteiger partial charge is 0.469 e. The number of rotatable bonds is 4. The molecule has 1 aliphatic rings. The molecule has 1 aliphatic heterocycles. The normalized spacial score (nSPS) is 26.9. The molecular weight excluding hydrogens is 268 g/mol. The van der Waals surface area contributed by atoms with Crippen LogP contribution >= 0.6 is 0 Å². The molecule has 1 saturated heterocycles. The Kier molecular flexibility index (Phi) is 4.37. The van der Waals surface area contributed by atoms with E-state index >= 15 is 0 Å². The Bertz CT molecular complexity index is 450. The first-order valence-corrected chi connectivity index (χ1v) is 8.12. The van der Waals surface area contributed by atoms with Gasteiger partial charge in [-0.2, -0.15) is 0 Å². The van der Waals surface area contributed by atoms with Gasteiger partial charge in [-0.3, -0.25) is 4.79 Å². The lowest BCUT2D eigenvalue weighted by Crippen LogP contribution is -2.41. The maximum Gasteiger partial charge on any atom is 0.309 e. The van der Waals surface area contributed by atoms with Crippen molar-refractivity contribution >= 4 is 15.8 Å². The van der Waals surface area contributed by atoms with Gasteiger partial charge >= 0.3 is 5.97 Å². The molecule has 0 saturated carbocycles. The molecule has 1 heterocycles. The highest BCUT2D eigenvalue weighted by Crippen LogP contribution is 2.41. The number of sulfone groups is 1. The van der Waals surface area contributed by atoms with Gasteiger partial charge in [0.2, 0.25) is 0 Å². The third-order valence-corrected chi connectivity index (χ3v) is 6.08. The lowest BCUT2D eigenvalue weighted by molar-refractivity contribution is -0.144. The van der Waals surface area contributed by atoms with Crippen molar-refractivity contribution in [2.24, 2.45) is 5.92 Å². The summed E-state index contributed by atoms with van der Waals surface area (Å²) in [6.07, 6.45) is 0.441. The molecule has 0 aliphatic carbocycles. The highest BCUT2D eigenvalue weighted by atomic mass is 32.2. The fourth-order valence-electron chi connectivity index (χ4n) is 2.80. The van der Waals surface area contributed by atoms with E-state index < -0.39 is 38.2 Å². The Morgan fingerprint density at radius 3 is 2.26 bits per heavy atom. The first-order chi connectivity index (χ1) is 8.41. The average Bonchev–Trinajstić information content (AvgIpc) is 2.45. The Labute approximate surface area is 115 Å². The highest BCUT2D eigenvalue weighted by Gasteiger charge is 2.52. The van der Waals surface area contributed by atoms with Crippen molar-refractivity contribution in [1.29, 1.82) is 0 Å². The molecule has 112 valence electrons. The number of hydrogen-bond acceptors (Lipinski definition) is 5. The standard InChI is InChI=1S/C13H24O5S/c1-9(11(14)17-6)8-19(15,16)10-7-12(2,3)18-13(10,4)5/h9-10H,7-8H2,1-6H3. The van der Waals surface area contributed by atoms with E-state index in [1.165, 1.54) is 7.11 Å². The van der Waals surface area contributed by atoms with Gasteiger partial charge in [-0.25, -0.2) is 8.42 Å². The summed E-state index contributed by atoms with van der Waals surface area (Å²) in [4.78, 5) is 11.4. The van der Waals surface area contributed by atoms with Crippen LogP contribution in [0, 0.1) is 5.92 Å². The zero-order valence-corrected chi connectivity index (χ0v) is 13.3. The summed E-state index contributed by atoms with van der Waals surface area (Å²) in [6, 6.07) is 0. The molecule has 19 heavy (non-hydrogen) atoms. The third kappa shape index (κ3) is 3.69. The third-order valence-electron chi connectivity index (χ3n) is 3.51. The molecule has 0 spiro atoms. The number of esters is 1. The van der Waals surface area contributed by atoms with Gasteiger partial charge < -0.3 is 9.47 Å². The molecule has 0 amide bonds. The van der Waals surface area contributed by atoms with E-state index in [4.69, 9.17) is 4.74 Å². The lowest BCUT2D eigenvalue weighted by Gasteiger charge is -2.27. The molecule has 0 aromatic heterocycles. The number of carbonyl (C=O) groups is 1. The molecule has 5 nitrogen and oxygen atoms in total. The SMILES string of the molecule is COC(=O)C(C)CS(=O)(=O)C1CC(C)(C)OC1(C)C. The summed E-state index contributed by atoms with van der Waals surface area (Å²) < 4.78 is 35.3. The zero-order valence-electron chi connectivity index (χ0n) is 12.5.